The zero-order chi connectivity index (χ0) is 24.3. The third kappa shape index (κ3) is 5.19. The van der Waals surface area contributed by atoms with Gasteiger partial charge in [0, 0.05) is 25.4 Å². The predicted octanol–water partition coefficient (Wildman–Crippen LogP) is 4.10. The fraction of sp³-hybridized carbons (Fsp3) is 0.458. The highest BCUT2D eigenvalue weighted by atomic mass is 32.2. The lowest BCUT2D eigenvalue weighted by Gasteiger charge is -2.37. The van der Waals surface area contributed by atoms with E-state index in [4.69, 9.17) is 14.2 Å². The van der Waals surface area contributed by atoms with E-state index in [0.29, 0.717) is 34.5 Å². The molecule has 0 saturated carbocycles. The fourth-order valence-electron chi connectivity index (χ4n) is 3.68. The largest absolute Gasteiger partial charge is 0.497 e. The number of amidine groups is 1. The van der Waals surface area contributed by atoms with Gasteiger partial charge in [0.2, 0.25) is 5.91 Å². The van der Waals surface area contributed by atoms with Crippen LogP contribution in [0.15, 0.2) is 45.6 Å². The number of esters is 1. The molecule has 0 aromatic heterocycles. The maximum atomic E-state index is 13.2. The van der Waals surface area contributed by atoms with E-state index in [1.54, 1.807) is 39.2 Å². The van der Waals surface area contributed by atoms with E-state index in [9.17, 15) is 9.59 Å². The van der Waals surface area contributed by atoms with Crippen LogP contribution in [0.1, 0.15) is 45.7 Å². The molecule has 9 heteroatoms. The van der Waals surface area contributed by atoms with Gasteiger partial charge >= 0.3 is 5.97 Å². The number of rotatable bonds is 8. The van der Waals surface area contributed by atoms with E-state index in [0.717, 1.165) is 11.3 Å². The van der Waals surface area contributed by atoms with Crippen LogP contribution in [0.4, 0.5) is 0 Å². The quantitative estimate of drug-likeness (QED) is 0.526. The lowest BCUT2D eigenvalue weighted by molar-refractivity contribution is -0.143. The van der Waals surface area contributed by atoms with Gasteiger partial charge in [0.1, 0.15) is 11.5 Å². The Morgan fingerprint density at radius 3 is 2.36 bits per heavy atom. The number of amides is 1. The first-order valence-electron chi connectivity index (χ1n) is 10.8. The van der Waals surface area contributed by atoms with Crippen LogP contribution in [0, 0.1) is 0 Å². The van der Waals surface area contributed by atoms with E-state index < -0.39 is 12.0 Å². The van der Waals surface area contributed by atoms with Gasteiger partial charge in [-0.2, -0.15) is 0 Å². The number of fused-ring (bicyclic) bond motifs is 1. The molecule has 8 nitrogen and oxygen atoms in total. The minimum atomic E-state index is -0.547. The van der Waals surface area contributed by atoms with Crippen LogP contribution in [-0.4, -0.2) is 60.8 Å². The van der Waals surface area contributed by atoms with Crippen molar-refractivity contribution in [2.24, 2.45) is 4.99 Å². The number of benzene rings is 1. The molecule has 0 radical (unpaired) electrons. The van der Waals surface area contributed by atoms with E-state index in [1.807, 2.05) is 43.2 Å². The molecule has 0 N–H and O–H groups in total. The highest BCUT2D eigenvalue weighted by Gasteiger charge is 2.41. The van der Waals surface area contributed by atoms with Crippen LogP contribution < -0.4 is 9.47 Å². The minimum Gasteiger partial charge on any atom is -0.497 e. The van der Waals surface area contributed by atoms with Gasteiger partial charge in [-0.3, -0.25) is 4.79 Å². The van der Waals surface area contributed by atoms with E-state index in [2.05, 4.69) is 4.99 Å². The predicted molar refractivity (Wildman–Crippen MR) is 129 cm³/mol. The zero-order valence-electron chi connectivity index (χ0n) is 20.2. The van der Waals surface area contributed by atoms with E-state index in [-0.39, 0.29) is 18.4 Å². The topological polar surface area (TPSA) is 80.7 Å². The second-order valence-corrected chi connectivity index (χ2v) is 8.91. The summed E-state index contributed by atoms with van der Waals surface area (Å²) in [7, 11) is 4.94. The molecule has 3 rings (SSSR count). The van der Waals surface area contributed by atoms with E-state index >= 15 is 0 Å². The Morgan fingerprint density at radius 1 is 1.18 bits per heavy atom. The minimum absolute atomic E-state index is 0.00912. The van der Waals surface area contributed by atoms with Gasteiger partial charge in [-0.1, -0.05) is 11.8 Å². The Morgan fingerprint density at radius 2 is 1.82 bits per heavy atom. The molecule has 0 spiro atoms. The van der Waals surface area contributed by atoms with Crippen LogP contribution in [0.25, 0.3) is 0 Å². The molecule has 1 amide bonds. The molecule has 2 aliphatic heterocycles. The fourth-order valence-corrected chi connectivity index (χ4v) is 4.64. The Balaban J connectivity index is 2.14. The Kier molecular flexibility index (Phi) is 7.73. The number of carbonyl (C=O) groups excluding carboxylic acids is 2. The number of methoxy groups -OCH3 is 2. The van der Waals surface area contributed by atoms with Crippen LogP contribution >= 0.6 is 11.8 Å². The number of thioether (sulfide) groups is 1. The second-order valence-electron chi connectivity index (χ2n) is 8.08. The van der Waals surface area contributed by atoms with Gasteiger partial charge in [0.15, 0.2) is 5.17 Å². The molecular formula is C24H31N3O5S. The summed E-state index contributed by atoms with van der Waals surface area (Å²) < 4.78 is 16.6. The highest BCUT2D eigenvalue weighted by Crippen LogP contribution is 2.46. The maximum absolute atomic E-state index is 13.2. The van der Waals surface area contributed by atoms with Gasteiger partial charge in [-0.05, 0) is 50.8 Å². The Labute approximate surface area is 199 Å². The summed E-state index contributed by atoms with van der Waals surface area (Å²) in [5.41, 5.74) is 2.56. The summed E-state index contributed by atoms with van der Waals surface area (Å²) >= 11 is 1.44. The summed E-state index contributed by atoms with van der Waals surface area (Å²) in [6, 6.07) is 4.96. The summed E-state index contributed by atoms with van der Waals surface area (Å²) in [5, 5.41) is 2.64. The third-order valence-electron chi connectivity index (χ3n) is 5.49. The molecule has 2 aliphatic rings. The summed E-state index contributed by atoms with van der Waals surface area (Å²) in [4.78, 5) is 34.3. The molecule has 1 unspecified atom stereocenters. The molecule has 0 fully saturated rings. The van der Waals surface area contributed by atoms with Gasteiger partial charge in [0.25, 0.3) is 0 Å². The first kappa shape index (κ1) is 24.7. The molecule has 2 heterocycles. The van der Waals surface area contributed by atoms with Crippen molar-refractivity contribution in [2.45, 2.75) is 46.3 Å². The molecule has 1 atom stereocenters. The van der Waals surface area contributed by atoms with Crippen LogP contribution in [0.5, 0.6) is 11.5 Å². The summed E-state index contributed by atoms with van der Waals surface area (Å²) in [5.74, 6) is 0.749. The molecule has 1 aromatic rings. The molecule has 178 valence electrons. The normalized spacial score (nSPS) is 17.5. The highest BCUT2D eigenvalue weighted by molar-refractivity contribution is 8.16. The van der Waals surface area contributed by atoms with Crippen LogP contribution in [-0.2, 0) is 14.3 Å². The van der Waals surface area contributed by atoms with Crippen molar-refractivity contribution in [3.05, 3.63) is 46.1 Å². The number of ether oxygens (including phenoxy) is 3. The average Bonchev–Trinajstić information content (AvgIpc) is 3.18. The van der Waals surface area contributed by atoms with Crippen molar-refractivity contribution in [1.29, 1.82) is 0 Å². The monoisotopic (exact) mass is 473 g/mol. The molecular weight excluding hydrogens is 442 g/mol. The zero-order valence-corrected chi connectivity index (χ0v) is 21.0. The smallest absolute Gasteiger partial charge is 0.338 e. The second kappa shape index (κ2) is 10.3. The lowest BCUT2D eigenvalue weighted by Crippen LogP contribution is -2.38. The van der Waals surface area contributed by atoms with Crippen molar-refractivity contribution < 1.29 is 23.8 Å². The number of hydrogen-bond acceptors (Lipinski definition) is 8. The Hall–Kier alpha value is -2.94. The molecule has 1 aromatic carbocycles. The maximum Gasteiger partial charge on any atom is 0.338 e. The van der Waals surface area contributed by atoms with E-state index in [1.165, 1.54) is 11.8 Å². The SMILES string of the molecule is CCN(C)C(=O)CC1=CSC2=NC(C)=C(C(=O)OC(C)C)C(c3cc(OC)cc(OC)c3)N12. The molecule has 0 bridgehead atoms. The summed E-state index contributed by atoms with van der Waals surface area (Å²) in [6.07, 6.45) is -0.0918. The number of aliphatic imine (C=N–C) groups is 1. The Bertz CT molecular complexity index is 1010. The first-order valence-corrected chi connectivity index (χ1v) is 11.7. The lowest BCUT2D eigenvalue weighted by atomic mass is 9.93. The standard InChI is InChI=1S/C24H31N3O5S/c1-8-26(5)20(28)11-17-13-33-24-25-15(4)21(23(29)32-14(2)3)22(27(17)24)16-9-18(30-6)12-19(10-16)31-7/h9-10,12-14,22H,8,11H2,1-7H3. The first-order chi connectivity index (χ1) is 15.7. The number of allylic oxidation sites excluding steroid dienone is 1. The number of nitrogens with zero attached hydrogens (tertiary/aromatic N) is 3. The van der Waals surface area contributed by atoms with Crippen molar-refractivity contribution in [1.82, 2.24) is 9.80 Å². The van der Waals surface area contributed by atoms with Crippen molar-refractivity contribution in [3.8, 4) is 11.5 Å². The number of hydrogen-bond donors (Lipinski definition) is 0. The molecule has 33 heavy (non-hydrogen) atoms. The van der Waals surface area contributed by atoms with Crippen molar-refractivity contribution in [2.75, 3.05) is 27.8 Å². The molecule has 0 saturated heterocycles. The molecule has 0 aliphatic carbocycles. The summed E-state index contributed by atoms with van der Waals surface area (Å²) in [6.45, 7) is 7.97. The number of carbonyl (C=O) groups is 2. The van der Waals surface area contributed by atoms with Crippen molar-refractivity contribution in [3.63, 3.8) is 0 Å². The van der Waals surface area contributed by atoms with Gasteiger partial charge in [0.05, 0.1) is 44.1 Å². The van der Waals surface area contributed by atoms with Crippen LogP contribution in [0.2, 0.25) is 0 Å². The third-order valence-corrected chi connectivity index (χ3v) is 6.37. The van der Waals surface area contributed by atoms with Gasteiger partial charge in [-0.15, -0.1) is 0 Å². The van der Waals surface area contributed by atoms with Gasteiger partial charge in [-0.25, -0.2) is 9.79 Å². The van der Waals surface area contributed by atoms with Crippen molar-refractivity contribution >= 4 is 28.8 Å². The average molecular weight is 474 g/mol. The van der Waals surface area contributed by atoms with Crippen LogP contribution in [0.3, 0.4) is 0 Å². The van der Waals surface area contributed by atoms with Gasteiger partial charge < -0.3 is 24.0 Å².